The summed E-state index contributed by atoms with van der Waals surface area (Å²) in [6.45, 7) is 1.08. The fourth-order valence-electron chi connectivity index (χ4n) is 2.20. The van der Waals surface area contributed by atoms with Gasteiger partial charge in [0.05, 0.1) is 12.5 Å². The number of amides is 1. The lowest BCUT2D eigenvalue weighted by Gasteiger charge is -2.13. The first-order valence-corrected chi connectivity index (χ1v) is 5.25. The molecule has 0 aliphatic carbocycles. The second-order valence-corrected chi connectivity index (χ2v) is 4.03. The Morgan fingerprint density at radius 3 is 3.12 bits per heavy atom. The van der Waals surface area contributed by atoms with E-state index in [9.17, 15) is 9.59 Å². The number of carbonyl (C=O) groups is 2. The van der Waals surface area contributed by atoms with Crippen molar-refractivity contribution in [2.75, 3.05) is 6.61 Å². The fraction of sp³-hybridized carbons (Fsp3) is 0.556. The molecule has 1 saturated heterocycles. The van der Waals surface area contributed by atoms with Crippen LogP contribution < -0.4 is 10.1 Å². The van der Waals surface area contributed by atoms with Crippen molar-refractivity contribution in [3.05, 3.63) is 5.82 Å². The summed E-state index contributed by atoms with van der Waals surface area (Å²) in [5.74, 6) is -1.63. The number of rotatable bonds is 2. The lowest BCUT2D eigenvalue weighted by atomic mass is 10.0. The Morgan fingerprint density at radius 1 is 1.53 bits per heavy atom. The minimum absolute atomic E-state index is 0.0248. The van der Waals surface area contributed by atoms with E-state index in [0.29, 0.717) is 25.0 Å². The number of carbonyl (C=O) groups excluding carboxylic acids is 1. The normalized spacial score (nSPS) is 26.5. The predicted octanol–water partition coefficient (Wildman–Crippen LogP) is -1.07. The maximum atomic E-state index is 11.3. The first-order valence-electron chi connectivity index (χ1n) is 5.25. The molecule has 0 spiro atoms. The number of aliphatic carboxylic acids is 1. The van der Waals surface area contributed by atoms with Crippen LogP contribution in [0.5, 0.6) is 6.01 Å². The molecule has 3 heterocycles. The van der Waals surface area contributed by atoms with Gasteiger partial charge in [0.2, 0.25) is 5.91 Å². The van der Waals surface area contributed by atoms with Gasteiger partial charge in [-0.1, -0.05) is 5.10 Å². The summed E-state index contributed by atoms with van der Waals surface area (Å²) in [5, 5.41) is 19.4. The molecule has 0 aromatic carbocycles. The van der Waals surface area contributed by atoms with Gasteiger partial charge in [0.25, 0.3) is 0 Å². The summed E-state index contributed by atoms with van der Waals surface area (Å²) in [4.78, 5) is 22.4. The van der Waals surface area contributed by atoms with Gasteiger partial charge in [0.15, 0.2) is 5.82 Å². The smallest absolute Gasteiger partial charge is 0.317 e. The maximum absolute atomic E-state index is 11.3. The molecule has 8 nitrogen and oxygen atoms in total. The van der Waals surface area contributed by atoms with Gasteiger partial charge in [-0.15, -0.1) is 5.10 Å². The molecule has 90 valence electrons. The summed E-state index contributed by atoms with van der Waals surface area (Å²) in [6, 6.07) is -0.242. The third kappa shape index (κ3) is 1.44. The molecule has 2 aliphatic heterocycles. The third-order valence-corrected chi connectivity index (χ3v) is 3.01. The van der Waals surface area contributed by atoms with E-state index in [0.717, 1.165) is 0 Å². The minimum Gasteiger partial charge on any atom is -0.481 e. The standard InChI is InChI=1S/C9H10N4O4/c14-5-3-4(8(15)16)6(10-5)7-11-12-9-13(7)1-2-17-9/h4,6H,1-3H2,(H,10,14)(H,15,16). The predicted molar refractivity (Wildman–Crippen MR) is 52.1 cm³/mol. The van der Waals surface area contributed by atoms with E-state index < -0.39 is 17.9 Å². The minimum atomic E-state index is -1.01. The third-order valence-electron chi connectivity index (χ3n) is 3.01. The molecule has 17 heavy (non-hydrogen) atoms. The Morgan fingerprint density at radius 2 is 2.35 bits per heavy atom. The van der Waals surface area contributed by atoms with Crippen LogP contribution >= 0.6 is 0 Å². The summed E-state index contributed by atoms with van der Waals surface area (Å²) in [6.07, 6.45) is -0.0248. The number of ether oxygens (including phenoxy) is 1. The first kappa shape index (κ1) is 10.1. The average molecular weight is 238 g/mol. The monoisotopic (exact) mass is 238 g/mol. The van der Waals surface area contributed by atoms with Gasteiger partial charge in [-0.2, -0.15) is 0 Å². The number of hydrogen-bond acceptors (Lipinski definition) is 5. The number of nitrogens with zero attached hydrogens (tertiary/aromatic N) is 3. The summed E-state index contributed by atoms with van der Waals surface area (Å²) < 4.78 is 6.89. The largest absolute Gasteiger partial charge is 0.481 e. The SMILES string of the molecule is O=C1CC(C(=O)O)C(c2nnc3n2CCO3)N1. The number of hydrogen-bond donors (Lipinski definition) is 2. The molecule has 0 radical (unpaired) electrons. The summed E-state index contributed by atoms with van der Waals surface area (Å²) >= 11 is 0. The van der Waals surface area contributed by atoms with Crippen LogP contribution in [0.1, 0.15) is 18.3 Å². The Hall–Kier alpha value is -2.12. The molecule has 8 heteroatoms. The second-order valence-electron chi connectivity index (χ2n) is 4.03. The van der Waals surface area contributed by atoms with Gasteiger partial charge in [-0.25, -0.2) is 0 Å². The molecule has 2 aliphatic rings. The van der Waals surface area contributed by atoms with Crippen LogP contribution in [-0.4, -0.2) is 38.4 Å². The molecule has 2 unspecified atom stereocenters. The van der Waals surface area contributed by atoms with Gasteiger partial charge in [0.1, 0.15) is 12.6 Å². The molecule has 1 aromatic heterocycles. The molecule has 1 amide bonds. The van der Waals surface area contributed by atoms with Gasteiger partial charge in [-0.3, -0.25) is 14.2 Å². The van der Waals surface area contributed by atoms with E-state index in [1.807, 2.05) is 0 Å². The van der Waals surface area contributed by atoms with Crippen LogP contribution in [0.25, 0.3) is 0 Å². The molecular formula is C9H10N4O4. The van der Waals surface area contributed by atoms with Gasteiger partial charge < -0.3 is 15.2 Å². The van der Waals surface area contributed by atoms with E-state index in [2.05, 4.69) is 15.5 Å². The number of carboxylic acid groups (broad SMARTS) is 1. The van der Waals surface area contributed by atoms with E-state index in [1.165, 1.54) is 0 Å². The highest BCUT2D eigenvalue weighted by molar-refractivity contribution is 5.87. The lowest BCUT2D eigenvalue weighted by Crippen LogP contribution is -2.27. The quantitative estimate of drug-likeness (QED) is 0.679. The van der Waals surface area contributed by atoms with Crippen molar-refractivity contribution < 1.29 is 19.4 Å². The topological polar surface area (TPSA) is 106 Å². The van der Waals surface area contributed by atoms with Crippen LogP contribution in [0, 0.1) is 5.92 Å². The molecule has 3 rings (SSSR count). The van der Waals surface area contributed by atoms with Crippen molar-refractivity contribution in [3.8, 4) is 6.01 Å². The average Bonchev–Trinajstić information content (AvgIpc) is 2.89. The molecular weight excluding hydrogens is 228 g/mol. The molecule has 1 aromatic rings. The Balaban J connectivity index is 1.97. The summed E-state index contributed by atoms with van der Waals surface area (Å²) in [7, 11) is 0. The Bertz CT molecular complexity index is 497. The van der Waals surface area contributed by atoms with E-state index in [1.54, 1.807) is 4.57 Å². The highest BCUT2D eigenvalue weighted by atomic mass is 16.5. The van der Waals surface area contributed by atoms with Gasteiger partial charge in [0, 0.05) is 6.42 Å². The lowest BCUT2D eigenvalue weighted by molar-refractivity contribution is -0.142. The van der Waals surface area contributed by atoms with E-state index in [4.69, 9.17) is 9.84 Å². The first-order chi connectivity index (χ1) is 8.16. The molecule has 0 bridgehead atoms. The molecule has 2 atom stereocenters. The van der Waals surface area contributed by atoms with Crippen molar-refractivity contribution in [2.45, 2.75) is 19.0 Å². The molecule has 2 N–H and O–H groups in total. The van der Waals surface area contributed by atoms with E-state index >= 15 is 0 Å². The van der Waals surface area contributed by atoms with Gasteiger partial charge >= 0.3 is 12.0 Å². The Kier molecular flexibility index (Phi) is 2.03. The fourth-order valence-corrected chi connectivity index (χ4v) is 2.20. The van der Waals surface area contributed by atoms with E-state index in [-0.39, 0.29) is 12.3 Å². The van der Waals surface area contributed by atoms with Gasteiger partial charge in [-0.05, 0) is 0 Å². The zero-order valence-corrected chi connectivity index (χ0v) is 8.79. The van der Waals surface area contributed by atoms with Crippen molar-refractivity contribution >= 4 is 11.9 Å². The second kappa shape index (κ2) is 3.44. The van der Waals surface area contributed by atoms with Crippen molar-refractivity contribution in [1.29, 1.82) is 0 Å². The number of carboxylic acids is 1. The number of fused-ring (bicyclic) bond motifs is 1. The molecule has 1 fully saturated rings. The van der Waals surface area contributed by atoms with Crippen LogP contribution in [0.15, 0.2) is 0 Å². The maximum Gasteiger partial charge on any atom is 0.317 e. The number of nitrogens with one attached hydrogen (secondary N) is 1. The Labute approximate surface area is 95.6 Å². The zero-order chi connectivity index (χ0) is 12.0. The zero-order valence-electron chi connectivity index (χ0n) is 8.79. The molecule has 0 saturated carbocycles. The van der Waals surface area contributed by atoms with Crippen molar-refractivity contribution in [1.82, 2.24) is 20.1 Å². The van der Waals surface area contributed by atoms with Crippen molar-refractivity contribution in [2.24, 2.45) is 5.92 Å². The van der Waals surface area contributed by atoms with Crippen LogP contribution in [0.3, 0.4) is 0 Å². The summed E-state index contributed by atoms with van der Waals surface area (Å²) in [5.41, 5.74) is 0. The van der Waals surface area contributed by atoms with Crippen LogP contribution in [0.4, 0.5) is 0 Å². The highest BCUT2D eigenvalue weighted by Gasteiger charge is 2.42. The van der Waals surface area contributed by atoms with Crippen LogP contribution in [0.2, 0.25) is 0 Å². The van der Waals surface area contributed by atoms with Crippen LogP contribution in [-0.2, 0) is 16.1 Å². The van der Waals surface area contributed by atoms with Crippen molar-refractivity contribution in [3.63, 3.8) is 0 Å². The highest BCUT2D eigenvalue weighted by Crippen LogP contribution is 2.31. The number of aromatic nitrogens is 3.